The molecule has 0 N–H and O–H groups in total. The third-order valence-corrected chi connectivity index (χ3v) is 5.94. The Labute approximate surface area is 157 Å². The second kappa shape index (κ2) is 7.46. The quantitative estimate of drug-likeness (QED) is 0.594. The van der Waals surface area contributed by atoms with E-state index in [-0.39, 0.29) is 0 Å². The smallest absolute Gasteiger partial charge is 0.128 e. The molecule has 0 amide bonds. The van der Waals surface area contributed by atoms with E-state index < -0.39 is 0 Å². The van der Waals surface area contributed by atoms with Gasteiger partial charge in [-0.3, -0.25) is 4.98 Å². The molecule has 0 saturated heterocycles. The summed E-state index contributed by atoms with van der Waals surface area (Å²) in [6.45, 7) is 0. The zero-order chi connectivity index (χ0) is 17.9. The lowest BCUT2D eigenvalue weighted by molar-refractivity contribution is 0.404. The van der Waals surface area contributed by atoms with E-state index in [0.717, 1.165) is 33.3 Å². The topological polar surface area (TPSA) is 44.2 Å². The molecular formula is C21H22N2O2S. The number of hydrogen-bond donors (Lipinski definition) is 0. The summed E-state index contributed by atoms with van der Waals surface area (Å²) >= 11 is 1.66. The van der Waals surface area contributed by atoms with Crippen molar-refractivity contribution < 1.29 is 9.47 Å². The van der Waals surface area contributed by atoms with Gasteiger partial charge in [0.2, 0.25) is 0 Å². The van der Waals surface area contributed by atoms with E-state index in [1.54, 1.807) is 25.6 Å². The third-order valence-electron chi connectivity index (χ3n) is 5.07. The van der Waals surface area contributed by atoms with Gasteiger partial charge < -0.3 is 9.47 Å². The zero-order valence-corrected chi connectivity index (χ0v) is 15.9. The van der Waals surface area contributed by atoms with E-state index in [1.165, 1.54) is 31.2 Å². The molecule has 0 bridgehead atoms. The number of rotatable bonds is 5. The molecule has 0 aliphatic heterocycles. The molecule has 1 aliphatic carbocycles. The number of thiazole rings is 1. The first kappa shape index (κ1) is 17.0. The van der Waals surface area contributed by atoms with Crippen LogP contribution in [0.4, 0.5) is 0 Å². The van der Waals surface area contributed by atoms with E-state index >= 15 is 0 Å². The van der Waals surface area contributed by atoms with Crippen molar-refractivity contribution in [3.05, 3.63) is 47.6 Å². The molecule has 0 radical (unpaired) electrons. The summed E-state index contributed by atoms with van der Waals surface area (Å²) in [5, 5.41) is 3.10. The van der Waals surface area contributed by atoms with Crippen LogP contribution in [0.1, 0.15) is 37.2 Å². The SMILES string of the molecule is COc1ccc(OC)c(-c2csc(-c3cnccc3C3CCCC3)n2)c1. The lowest BCUT2D eigenvalue weighted by atomic mass is 9.94. The number of pyridine rings is 1. The summed E-state index contributed by atoms with van der Waals surface area (Å²) < 4.78 is 10.9. The summed E-state index contributed by atoms with van der Waals surface area (Å²) in [5.41, 5.74) is 4.40. The minimum absolute atomic E-state index is 0.631. The first-order valence-electron chi connectivity index (χ1n) is 8.92. The average molecular weight is 366 g/mol. The normalized spacial score (nSPS) is 14.5. The van der Waals surface area contributed by atoms with Crippen molar-refractivity contribution in [2.75, 3.05) is 14.2 Å². The molecule has 26 heavy (non-hydrogen) atoms. The number of ether oxygens (including phenoxy) is 2. The van der Waals surface area contributed by atoms with Gasteiger partial charge in [-0.1, -0.05) is 12.8 Å². The number of hydrogen-bond acceptors (Lipinski definition) is 5. The first-order chi connectivity index (χ1) is 12.8. The molecule has 1 aromatic carbocycles. The third kappa shape index (κ3) is 3.19. The van der Waals surface area contributed by atoms with Crippen molar-refractivity contribution in [1.29, 1.82) is 0 Å². The Balaban J connectivity index is 1.74. The van der Waals surface area contributed by atoms with Gasteiger partial charge in [0, 0.05) is 28.9 Å². The molecule has 0 spiro atoms. The van der Waals surface area contributed by atoms with Crippen molar-refractivity contribution in [1.82, 2.24) is 9.97 Å². The maximum absolute atomic E-state index is 5.52. The molecular weight excluding hydrogens is 344 g/mol. The van der Waals surface area contributed by atoms with E-state index in [4.69, 9.17) is 14.5 Å². The maximum Gasteiger partial charge on any atom is 0.128 e. The number of nitrogens with zero attached hydrogens (tertiary/aromatic N) is 2. The van der Waals surface area contributed by atoms with E-state index in [2.05, 4.69) is 16.4 Å². The fourth-order valence-corrected chi connectivity index (χ4v) is 4.56. The Hall–Kier alpha value is -2.40. The second-order valence-electron chi connectivity index (χ2n) is 6.55. The van der Waals surface area contributed by atoms with Gasteiger partial charge in [0.05, 0.1) is 19.9 Å². The molecule has 134 valence electrons. The molecule has 2 aromatic heterocycles. The van der Waals surface area contributed by atoms with Crippen LogP contribution in [-0.2, 0) is 0 Å². The van der Waals surface area contributed by atoms with Crippen molar-refractivity contribution in [2.45, 2.75) is 31.6 Å². The summed E-state index contributed by atoms with van der Waals surface area (Å²) in [6.07, 6.45) is 9.01. The Bertz CT molecular complexity index is 901. The Morgan fingerprint density at radius 1 is 1.04 bits per heavy atom. The summed E-state index contributed by atoms with van der Waals surface area (Å²) in [4.78, 5) is 9.27. The Morgan fingerprint density at radius 3 is 2.65 bits per heavy atom. The highest BCUT2D eigenvalue weighted by Crippen LogP contribution is 2.41. The zero-order valence-electron chi connectivity index (χ0n) is 15.1. The van der Waals surface area contributed by atoms with Gasteiger partial charge >= 0.3 is 0 Å². The summed E-state index contributed by atoms with van der Waals surface area (Å²) in [7, 11) is 3.35. The highest BCUT2D eigenvalue weighted by atomic mass is 32.1. The van der Waals surface area contributed by atoms with Gasteiger partial charge in [0.15, 0.2) is 0 Å². The summed E-state index contributed by atoms with van der Waals surface area (Å²) in [6, 6.07) is 7.95. The molecule has 4 nitrogen and oxygen atoms in total. The molecule has 2 heterocycles. The monoisotopic (exact) mass is 366 g/mol. The van der Waals surface area contributed by atoms with E-state index in [1.807, 2.05) is 30.6 Å². The molecule has 0 unspecified atom stereocenters. The van der Waals surface area contributed by atoms with E-state index in [9.17, 15) is 0 Å². The highest BCUT2D eigenvalue weighted by Gasteiger charge is 2.22. The predicted molar refractivity (Wildman–Crippen MR) is 105 cm³/mol. The Kier molecular flexibility index (Phi) is 4.89. The molecule has 0 atom stereocenters. The summed E-state index contributed by atoms with van der Waals surface area (Å²) in [5.74, 6) is 2.22. The van der Waals surface area contributed by atoms with Gasteiger partial charge in [0.25, 0.3) is 0 Å². The number of methoxy groups -OCH3 is 2. The lowest BCUT2D eigenvalue weighted by Crippen LogP contribution is -1.96. The first-order valence-corrected chi connectivity index (χ1v) is 9.80. The van der Waals surface area contributed by atoms with Crippen LogP contribution in [0.25, 0.3) is 21.8 Å². The highest BCUT2D eigenvalue weighted by molar-refractivity contribution is 7.13. The predicted octanol–water partition coefficient (Wildman–Crippen LogP) is 5.55. The minimum Gasteiger partial charge on any atom is -0.497 e. The van der Waals surface area contributed by atoms with Gasteiger partial charge in [-0.2, -0.15) is 0 Å². The lowest BCUT2D eigenvalue weighted by Gasteiger charge is -2.13. The van der Waals surface area contributed by atoms with Gasteiger partial charge in [0.1, 0.15) is 16.5 Å². The Morgan fingerprint density at radius 2 is 1.88 bits per heavy atom. The van der Waals surface area contributed by atoms with Crippen molar-refractivity contribution in [3.8, 4) is 33.3 Å². The van der Waals surface area contributed by atoms with Crippen LogP contribution in [0.5, 0.6) is 11.5 Å². The van der Waals surface area contributed by atoms with Crippen LogP contribution in [0.15, 0.2) is 42.0 Å². The molecule has 5 heteroatoms. The number of aromatic nitrogens is 2. The van der Waals surface area contributed by atoms with Crippen molar-refractivity contribution >= 4 is 11.3 Å². The van der Waals surface area contributed by atoms with Gasteiger partial charge in [-0.05, 0) is 48.6 Å². The van der Waals surface area contributed by atoms with Crippen LogP contribution in [0.2, 0.25) is 0 Å². The van der Waals surface area contributed by atoms with Crippen LogP contribution in [0, 0.1) is 0 Å². The molecule has 1 aliphatic rings. The van der Waals surface area contributed by atoms with Crippen molar-refractivity contribution in [2.24, 2.45) is 0 Å². The average Bonchev–Trinajstić information content (AvgIpc) is 3.39. The molecule has 1 fully saturated rings. The maximum atomic E-state index is 5.52. The number of benzene rings is 1. The van der Waals surface area contributed by atoms with Gasteiger partial charge in [-0.15, -0.1) is 11.3 Å². The van der Waals surface area contributed by atoms with Crippen LogP contribution < -0.4 is 9.47 Å². The molecule has 3 aromatic rings. The molecule has 4 rings (SSSR count). The van der Waals surface area contributed by atoms with Crippen LogP contribution >= 0.6 is 11.3 Å². The fourth-order valence-electron chi connectivity index (χ4n) is 3.71. The van der Waals surface area contributed by atoms with E-state index in [0.29, 0.717) is 5.92 Å². The fraction of sp³-hybridized carbons (Fsp3) is 0.333. The second-order valence-corrected chi connectivity index (χ2v) is 7.41. The minimum atomic E-state index is 0.631. The van der Waals surface area contributed by atoms with Crippen LogP contribution in [-0.4, -0.2) is 24.2 Å². The van der Waals surface area contributed by atoms with Crippen LogP contribution in [0.3, 0.4) is 0 Å². The largest absolute Gasteiger partial charge is 0.497 e. The standard InChI is InChI=1S/C21H22N2O2S/c1-24-15-7-8-20(25-2)17(11-15)19-13-26-21(23-19)18-12-22-10-9-16(18)14-5-3-4-6-14/h7-14H,3-6H2,1-2H3. The van der Waals surface area contributed by atoms with Gasteiger partial charge in [-0.25, -0.2) is 4.98 Å². The molecule has 1 saturated carbocycles. The van der Waals surface area contributed by atoms with Crippen molar-refractivity contribution in [3.63, 3.8) is 0 Å².